The largest absolute Gasteiger partial charge is 0.340 e. The molecule has 182 valence electrons. The second-order valence-electron chi connectivity index (χ2n) is 9.17. The first kappa shape index (κ1) is 24.3. The summed E-state index contributed by atoms with van der Waals surface area (Å²) < 4.78 is 41.7. The fourth-order valence-electron chi connectivity index (χ4n) is 4.57. The minimum Gasteiger partial charge on any atom is -0.340 e. The van der Waals surface area contributed by atoms with E-state index >= 15 is 0 Å². The predicted octanol–water partition coefficient (Wildman–Crippen LogP) is 3.34. The summed E-state index contributed by atoms with van der Waals surface area (Å²) in [7, 11) is -3.56. The number of hydrogen-bond acceptors (Lipinski definition) is 4. The van der Waals surface area contributed by atoms with Crippen molar-refractivity contribution in [3.63, 3.8) is 0 Å². The number of amides is 2. The molecule has 9 heteroatoms. The number of carbonyl (C=O) groups is 2. The third-order valence-corrected chi connectivity index (χ3v) is 8.40. The molecule has 4 rings (SSSR count). The summed E-state index contributed by atoms with van der Waals surface area (Å²) in [6, 6.07) is 9.68. The summed E-state index contributed by atoms with van der Waals surface area (Å²) in [6.07, 6.45) is 3.29. The smallest absolute Gasteiger partial charge is 0.254 e. The van der Waals surface area contributed by atoms with Crippen molar-refractivity contribution in [3.05, 3.63) is 59.4 Å². The van der Waals surface area contributed by atoms with E-state index in [9.17, 15) is 22.4 Å². The van der Waals surface area contributed by atoms with Crippen LogP contribution in [0.5, 0.6) is 0 Å². The average Bonchev–Trinajstić information content (AvgIpc) is 3.26. The Morgan fingerprint density at radius 1 is 1.00 bits per heavy atom. The number of nitrogens with zero attached hydrogens (tertiary/aromatic N) is 2. The van der Waals surface area contributed by atoms with E-state index in [0.717, 1.165) is 24.8 Å². The molecule has 2 amide bonds. The first-order valence-electron chi connectivity index (χ1n) is 11.7. The fraction of sp³-hybridized carbons (Fsp3) is 0.440. The van der Waals surface area contributed by atoms with Gasteiger partial charge in [0.05, 0.1) is 10.5 Å². The highest BCUT2D eigenvalue weighted by molar-refractivity contribution is 7.89. The molecule has 1 saturated heterocycles. The van der Waals surface area contributed by atoms with Crippen LogP contribution in [-0.2, 0) is 21.2 Å². The van der Waals surface area contributed by atoms with E-state index in [1.807, 2.05) is 13.8 Å². The van der Waals surface area contributed by atoms with Gasteiger partial charge in [-0.1, -0.05) is 32.4 Å². The predicted molar refractivity (Wildman–Crippen MR) is 128 cm³/mol. The number of carbonyl (C=O) groups excluding carboxylic acids is 2. The molecule has 0 bridgehead atoms. The third kappa shape index (κ3) is 4.72. The molecule has 7 nitrogen and oxygen atoms in total. The first-order chi connectivity index (χ1) is 16.2. The molecule has 0 aromatic heterocycles. The number of hydrogen-bond donors (Lipinski definition) is 1. The van der Waals surface area contributed by atoms with Crippen molar-refractivity contribution in [1.29, 1.82) is 0 Å². The molecule has 2 aromatic rings. The third-order valence-electron chi connectivity index (χ3n) is 6.50. The van der Waals surface area contributed by atoms with Crippen molar-refractivity contribution in [3.8, 4) is 0 Å². The van der Waals surface area contributed by atoms with Crippen LogP contribution in [0, 0.1) is 11.7 Å². The Morgan fingerprint density at radius 3 is 2.38 bits per heavy atom. The molecule has 1 N–H and O–H groups in total. The van der Waals surface area contributed by atoms with Gasteiger partial charge in [-0.15, -0.1) is 0 Å². The zero-order valence-corrected chi connectivity index (χ0v) is 20.3. The van der Waals surface area contributed by atoms with Gasteiger partial charge in [-0.25, -0.2) is 12.8 Å². The molecule has 1 fully saturated rings. The van der Waals surface area contributed by atoms with Crippen LogP contribution < -0.4 is 10.2 Å². The lowest BCUT2D eigenvalue weighted by molar-refractivity contribution is -0.121. The lowest BCUT2D eigenvalue weighted by Gasteiger charge is -2.28. The van der Waals surface area contributed by atoms with E-state index in [1.165, 1.54) is 22.5 Å². The van der Waals surface area contributed by atoms with Crippen molar-refractivity contribution in [2.45, 2.75) is 50.5 Å². The van der Waals surface area contributed by atoms with Crippen LogP contribution in [0.15, 0.2) is 47.4 Å². The topological polar surface area (TPSA) is 86.8 Å². The molecule has 2 aliphatic heterocycles. The van der Waals surface area contributed by atoms with Gasteiger partial charge >= 0.3 is 0 Å². The monoisotopic (exact) mass is 487 g/mol. The summed E-state index contributed by atoms with van der Waals surface area (Å²) in [6.45, 7) is 5.08. The zero-order chi connectivity index (χ0) is 24.5. The summed E-state index contributed by atoms with van der Waals surface area (Å²) in [5, 5.41) is 2.69. The molecule has 0 unspecified atom stereocenters. The molecule has 0 saturated carbocycles. The van der Waals surface area contributed by atoms with Crippen molar-refractivity contribution in [1.82, 2.24) is 9.62 Å². The SMILES string of the molecule is CC(C)[C@H](NC(=O)c1ccccc1F)C(=O)N1CCc2cc(S(=O)(=O)N3CCCCC3)ccc21. The van der Waals surface area contributed by atoms with Crippen molar-refractivity contribution < 1.29 is 22.4 Å². The Morgan fingerprint density at radius 2 is 1.71 bits per heavy atom. The van der Waals surface area contributed by atoms with Crippen molar-refractivity contribution in [2.24, 2.45) is 5.92 Å². The molecule has 34 heavy (non-hydrogen) atoms. The minimum absolute atomic E-state index is 0.115. The normalized spacial score (nSPS) is 17.5. The van der Waals surface area contributed by atoms with Gasteiger partial charge in [0.25, 0.3) is 5.91 Å². The van der Waals surface area contributed by atoms with Crippen LogP contribution in [0.4, 0.5) is 10.1 Å². The summed E-state index contributed by atoms with van der Waals surface area (Å²) >= 11 is 0. The molecule has 0 radical (unpaired) electrons. The van der Waals surface area contributed by atoms with Gasteiger partial charge < -0.3 is 10.2 Å². The zero-order valence-electron chi connectivity index (χ0n) is 19.5. The molecule has 2 aliphatic rings. The van der Waals surface area contributed by atoms with E-state index in [1.54, 1.807) is 29.2 Å². The van der Waals surface area contributed by atoms with Gasteiger partial charge in [-0.05, 0) is 61.1 Å². The minimum atomic E-state index is -3.56. The van der Waals surface area contributed by atoms with Crippen LogP contribution in [0.2, 0.25) is 0 Å². The van der Waals surface area contributed by atoms with Gasteiger partial charge in [0.15, 0.2) is 0 Å². The van der Waals surface area contributed by atoms with E-state index in [0.29, 0.717) is 31.7 Å². The van der Waals surface area contributed by atoms with E-state index in [4.69, 9.17) is 0 Å². The second-order valence-corrected chi connectivity index (χ2v) is 11.1. The molecule has 2 aromatic carbocycles. The first-order valence-corrected chi connectivity index (χ1v) is 13.1. The van der Waals surface area contributed by atoms with E-state index < -0.39 is 27.8 Å². The lowest BCUT2D eigenvalue weighted by Crippen LogP contribution is -2.51. The Labute approximate surface area is 200 Å². The number of sulfonamides is 1. The van der Waals surface area contributed by atoms with Gasteiger partial charge in [0.1, 0.15) is 11.9 Å². The summed E-state index contributed by atoms with van der Waals surface area (Å²) in [5.41, 5.74) is 1.32. The molecular weight excluding hydrogens is 457 g/mol. The quantitative estimate of drug-likeness (QED) is 0.677. The van der Waals surface area contributed by atoms with Gasteiger partial charge in [-0.3, -0.25) is 9.59 Å². The number of halogens is 1. The number of benzene rings is 2. The van der Waals surface area contributed by atoms with E-state index in [-0.39, 0.29) is 22.3 Å². The number of nitrogens with one attached hydrogen (secondary N) is 1. The lowest BCUT2D eigenvalue weighted by atomic mass is 10.0. The van der Waals surface area contributed by atoms with Crippen LogP contribution in [0.3, 0.4) is 0 Å². The van der Waals surface area contributed by atoms with Crippen LogP contribution >= 0.6 is 0 Å². The van der Waals surface area contributed by atoms with E-state index in [2.05, 4.69) is 5.32 Å². The maximum absolute atomic E-state index is 14.1. The van der Waals surface area contributed by atoms with Crippen molar-refractivity contribution in [2.75, 3.05) is 24.5 Å². The Hall–Kier alpha value is -2.78. The number of fused-ring (bicyclic) bond motifs is 1. The summed E-state index contributed by atoms with van der Waals surface area (Å²) in [4.78, 5) is 27.9. The van der Waals surface area contributed by atoms with Gasteiger partial charge in [-0.2, -0.15) is 4.31 Å². The fourth-order valence-corrected chi connectivity index (χ4v) is 6.14. The highest BCUT2D eigenvalue weighted by atomic mass is 32.2. The number of rotatable bonds is 6. The Bertz CT molecular complexity index is 1190. The average molecular weight is 488 g/mol. The van der Waals surface area contributed by atoms with Crippen molar-refractivity contribution >= 4 is 27.5 Å². The molecular formula is C25H30FN3O4S. The molecule has 0 aliphatic carbocycles. The van der Waals surface area contributed by atoms with Crippen LogP contribution in [0.25, 0.3) is 0 Å². The second kappa shape index (κ2) is 9.84. The number of piperidine rings is 1. The Kier molecular flexibility index (Phi) is 7.04. The standard InChI is InChI=1S/C25H30FN3O4S/c1-17(2)23(27-24(30)20-8-4-5-9-21(20)26)25(31)29-15-12-18-16-19(10-11-22(18)29)34(32,33)28-13-6-3-7-14-28/h4-5,8-11,16-17,23H,3,6-7,12-15H2,1-2H3,(H,27,30)/t23-/m0/s1. The van der Waals surface area contributed by atoms with Crippen LogP contribution in [-0.4, -0.2) is 50.2 Å². The Balaban J connectivity index is 1.54. The molecule has 2 heterocycles. The van der Waals surface area contributed by atoms with Gasteiger partial charge in [0, 0.05) is 25.3 Å². The highest BCUT2D eigenvalue weighted by Gasteiger charge is 2.35. The van der Waals surface area contributed by atoms with Gasteiger partial charge in [0.2, 0.25) is 15.9 Å². The maximum Gasteiger partial charge on any atom is 0.254 e. The molecule has 0 spiro atoms. The van der Waals surface area contributed by atoms with Crippen LogP contribution in [0.1, 0.15) is 49.0 Å². The summed E-state index contributed by atoms with van der Waals surface area (Å²) in [5.74, 6) is -1.83. The highest BCUT2D eigenvalue weighted by Crippen LogP contribution is 2.32. The maximum atomic E-state index is 14.1. The number of anilines is 1. The molecule has 1 atom stereocenters.